The van der Waals surface area contributed by atoms with E-state index in [0.29, 0.717) is 48.6 Å². The van der Waals surface area contributed by atoms with E-state index in [4.69, 9.17) is 0 Å². The molecule has 210 valence electrons. The Morgan fingerprint density at radius 3 is 2.51 bits per heavy atom. The molecule has 0 bridgehead atoms. The second-order valence-electron chi connectivity index (χ2n) is 11.3. The lowest BCUT2D eigenvalue weighted by atomic mass is 9.72. The van der Waals surface area contributed by atoms with Gasteiger partial charge in [0.05, 0.1) is 22.6 Å². The van der Waals surface area contributed by atoms with Crippen molar-refractivity contribution in [2.45, 2.75) is 26.7 Å². The van der Waals surface area contributed by atoms with Gasteiger partial charge in [-0.2, -0.15) is 0 Å². The van der Waals surface area contributed by atoms with E-state index in [1.807, 2.05) is 25.7 Å². The molecule has 0 saturated carbocycles. The first-order chi connectivity index (χ1) is 19.5. The Labute approximate surface area is 235 Å². The number of carbonyl (C=O) groups excluding carboxylic acids is 1. The van der Waals surface area contributed by atoms with Crippen molar-refractivity contribution in [2.75, 3.05) is 31.1 Å². The number of halogens is 2. The Kier molecular flexibility index (Phi) is 6.17. The molecule has 41 heavy (non-hydrogen) atoms. The maximum absolute atomic E-state index is 15.7. The zero-order valence-corrected chi connectivity index (χ0v) is 23.0. The lowest BCUT2D eigenvalue weighted by Gasteiger charge is -2.60. The number of aromatic hydroxyl groups is 1. The zero-order valence-electron chi connectivity index (χ0n) is 23.0. The molecule has 0 atom stereocenters. The average molecular weight is 558 g/mol. The van der Waals surface area contributed by atoms with E-state index in [1.165, 1.54) is 34.9 Å². The van der Waals surface area contributed by atoms with Gasteiger partial charge in [0.1, 0.15) is 22.9 Å². The maximum atomic E-state index is 15.7. The van der Waals surface area contributed by atoms with E-state index >= 15 is 4.39 Å². The number of phenolic OH excluding ortho intramolecular Hbond substituents is 1. The molecule has 2 saturated heterocycles. The summed E-state index contributed by atoms with van der Waals surface area (Å²) >= 11 is 0. The van der Waals surface area contributed by atoms with Gasteiger partial charge < -0.3 is 14.9 Å². The van der Waals surface area contributed by atoms with Gasteiger partial charge in [-0.05, 0) is 48.7 Å². The van der Waals surface area contributed by atoms with Gasteiger partial charge in [0.25, 0.3) is 5.56 Å². The Morgan fingerprint density at radius 2 is 1.85 bits per heavy atom. The third-order valence-corrected chi connectivity index (χ3v) is 8.01. The third-order valence-electron chi connectivity index (χ3n) is 8.01. The molecule has 2 fully saturated rings. The summed E-state index contributed by atoms with van der Waals surface area (Å²) < 4.78 is 32.0. The fourth-order valence-electron chi connectivity index (χ4n) is 6.07. The van der Waals surface area contributed by atoms with E-state index in [0.717, 1.165) is 11.6 Å². The molecule has 1 N–H and O–H groups in total. The molecule has 0 unspecified atom stereocenters. The predicted octanol–water partition coefficient (Wildman–Crippen LogP) is 4.70. The highest BCUT2D eigenvalue weighted by Crippen LogP contribution is 2.44. The highest BCUT2D eigenvalue weighted by molar-refractivity contribution is 5.93. The molecule has 6 rings (SSSR count). The number of pyridine rings is 3. The van der Waals surface area contributed by atoms with Crippen LogP contribution in [0.1, 0.15) is 31.0 Å². The summed E-state index contributed by atoms with van der Waals surface area (Å²) in [5.41, 5.74) is 1.31. The summed E-state index contributed by atoms with van der Waals surface area (Å²) in [6, 6.07) is 8.19. The molecule has 10 heteroatoms. The first-order valence-corrected chi connectivity index (χ1v) is 13.4. The number of anilines is 1. The number of hydrogen-bond donors (Lipinski definition) is 1. The molecule has 3 aromatic heterocycles. The average Bonchev–Trinajstić information content (AvgIpc) is 2.87. The Morgan fingerprint density at radius 1 is 1.12 bits per heavy atom. The number of carbonyl (C=O) groups is 1. The second-order valence-corrected chi connectivity index (χ2v) is 11.3. The van der Waals surface area contributed by atoms with Crippen molar-refractivity contribution >= 4 is 22.6 Å². The first-order valence-electron chi connectivity index (χ1n) is 13.4. The van der Waals surface area contributed by atoms with Crippen molar-refractivity contribution in [1.29, 1.82) is 0 Å². The number of nitrogens with zero attached hydrogens (tertiary/aromatic N) is 5. The van der Waals surface area contributed by atoms with Gasteiger partial charge >= 0.3 is 0 Å². The van der Waals surface area contributed by atoms with Gasteiger partial charge in [-0.1, -0.05) is 26.5 Å². The highest BCUT2D eigenvalue weighted by atomic mass is 19.1. The molecule has 0 radical (unpaired) electrons. The van der Waals surface area contributed by atoms with Crippen LogP contribution in [0, 0.1) is 24.0 Å². The lowest BCUT2D eigenvalue weighted by Crippen LogP contribution is -2.73. The van der Waals surface area contributed by atoms with Crippen LogP contribution in [0.25, 0.3) is 28.0 Å². The van der Waals surface area contributed by atoms with E-state index in [9.17, 15) is 19.1 Å². The predicted molar refractivity (Wildman–Crippen MR) is 152 cm³/mol. The van der Waals surface area contributed by atoms with Gasteiger partial charge in [-0.25, -0.2) is 13.8 Å². The largest absolute Gasteiger partial charge is 0.507 e. The quantitative estimate of drug-likeness (QED) is 0.358. The fraction of sp³-hybridized carbons (Fsp3) is 0.290. The normalized spacial score (nSPS) is 15.8. The Bertz CT molecular complexity index is 1780. The molecule has 2 aliphatic heterocycles. The summed E-state index contributed by atoms with van der Waals surface area (Å²) in [5.74, 6) is -2.30. The molecule has 1 spiro atoms. The van der Waals surface area contributed by atoms with E-state index < -0.39 is 28.6 Å². The van der Waals surface area contributed by atoms with Crippen molar-refractivity contribution in [3.05, 3.63) is 88.5 Å². The third kappa shape index (κ3) is 4.16. The summed E-state index contributed by atoms with van der Waals surface area (Å²) in [7, 11) is 0. The monoisotopic (exact) mass is 557 g/mol. The van der Waals surface area contributed by atoms with Gasteiger partial charge in [0.15, 0.2) is 5.82 Å². The number of fused-ring (bicyclic) bond motifs is 1. The molecule has 1 aromatic carbocycles. The summed E-state index contributed by atoms with van der Waals surface area (Å²) in [6.45, 7) is 11.6. The molecule has 2 aliphatic rings. The summed E-state index contributed by atoms with van der Waals surface area (Å²) in [6.07, 6.45) is 2.96. The maximum Gasteiger partial charge on any atom is 0.258 e. The van der Waals surface area contributed by atoms with Gasteiger partial charge in [-0.3, -0.25) is 19.1 Å². The number of benzene rings is 1. The highest BCUT2D eigenvalue weighted by Gasteiger charge is 2.53. The second kappa shape index (κ2) is 9.50. The number of aromatic nitrogens is 3. The Balaban J connectivity index is 1.56. The molecule has 8 nitrogen and oxygen atoms in total. The van der Waals surface area contributed by atoms with Crippen molar-refractivity contribution in [3.63, 3.8) is 0 Å². The van der Waals surface area contributed by atoms with Gasteiger partial charge in [-0.15, -0.1) is 0 Å². The lowest BCUT2D eigenvalue weighted by molar-refractivity contribution is -0.139. The van der Waals surface area contributed by atoms with E-state index in [-0.39, 0.29) is 28.5 Å². The minimum atomic E-state index is -0.838. The molecule has 1 amide bonds. The van der Waals surface area contributed by atoms with Crippen LogP contribution in [0.15, 0.2) is 60.0 Å². The van der Waals surface area contributed by atoms with Crippen LogP contribution in [0.3, 0.4) is 0 Å². The van der Waals surface area contributed by atoms with Crippen molar-refractivity contribution in [1.82, 2.24) is 19.4 Å². The zero-order chi connectivity index (χ0) is 29.2. The minimum absolute atomic E-state index is 0.0443. The first kappa shape index (κ1) is 26.6. The standard InChI is InChI=1S/C31H29F2N5O3/c1-5-24(40)37-15-31(16-37)13-36(14-31)22-12-25(41)38(29-18(4)9-10-34-27(29)17(2)3)30-19(22)11-21(33)28(35-30)26-20(32)7-6-8-23(26)39/h5-12,17,39H,1,13-16H2,2-4H3. The molecule has 0 aliphatic carbocycles. The number of hydrogen-bond acceptors (Lipinski definition) is 6. The van der Waals surface area contributed by atoms with E-state index in [1.54, 1.807) is 17.2 Å². The van der Waals surface area contributed by atoms with Crippen molar-refractivity contribution in [2.24, 2.45) is 5.41 Å². The number of amides is 1. The fourth-order valence-corrected chi connectivity index (χ4v) is 6.07. The van der Waals surface area contributed by atoms with Crippen LogP contribution in [-0.4, -0.2) is 56.6 Å². The number of likely N-dealkylation sites (tertiary alicyclic amines) is 1. The van der Waals surface area contributed by atoms with Crippen LogP contribution in [-0.2, 0) is 4.79 Å². The summed E-state index contributed by atoms with van der Waals surface area (Å²) in [5, 5.41) is 10.8. The summed E-state index contributed by atoms with van der Waals surface area (Å²) in [4.78, 5) is 38.6. The van der Waals surface area contributed by atoms with Crippen molar-refractivity contribution < 1.29 is 18.7 Å². The van der Waals surface area contributed by atoms with E-state index in [2.05, 4.69) is 16.5 Å². The van der Waals surface area contributed by atoms with Gasteiger partial charge in [0, 0.05) is 49.2 Å². The molecule has 5 heterocycles. The Hall–Kier alpha value is -4.60. The van der Waals surface area contributed by atoms with Crippen LogP contribution < -0.4 is 10.5 Å². The SMILES string of the molecule is C=CC(=O)N1CC2(C1)CN(c1cc(=O)n(-c3c(C)ccnc3C(C)C)c3nc(-c4c(O)cccc4F)c(F)cc13)C2. The van der Waals surface area contributed by atoms with Crippen LogP contribution >= 0.6 is 0 Å². The van der Waals surface area contributed by atoms with Crippen LogP contribution in [0.5, 0.6) is 5.75 Å². The number of aryl methyl sites for hydroxylation is 1. The minimum Gasteiger partial charge on any atom is -0.507 e. The van der Waals surface area contributed by atoms with Gasteiger partial charge in [0.2, 0.25) is 5.91 Å². The smallest absolute Gasteiger partial charge is 0.258 e. The molecular formula is C31H29F2N5O3. The molecule has 4 aromatic rings. The molecular weight excluding hydrogens is 528 g/mol. The topological polar surface area (TPSA) is 91.6 Å². The number of rotatable bonds is 5. The van der Waals surface area contributed by atoms with Crippen LogP contribution in [0.4, 0.5) is 14.5 Å². The van der Waals surface area contributed by atoms with Crippen LogP contribution in [0.2, 0.25) is 0 Å². The van der Waals surface area contributed by atoms with Crippen molar-refractivity contribution in [3.8, 4) is 22.7 Å². The number of phenols is 1.